The van der Waals surface area contributed by atoms with E-state index in [1.165, 1.54) is 6.07 Å². The molecule has 0 aromatic carbocycles. The molecule has 0 radical (unpaired) electrons. The number of terminal acetylenes is 1. The molecule has 0 aliphatic rings. The van der Waals surface area contributed by atoms with Gasteiger partial charge >= 0.3 is 8.60 Å². The van der Waals surface area contributed by atoms with Crippen molar-refractivity contribution in [1.29, 1.82) is 0 Å². The van der Waals surface area contributed by atoms with Gasteiger partial charge in [-0.2, -0.15) is 4.98 Å². The largest absolute Gasteiger partial charge is 0.407 e. The van der Waals surface area contributed by atoms with Crippen LogP contribution in [0.1, 0.15) is 0 Å². The summed E-state index contributed by atoms with van der Waals surface area (Å²) in [5.74, 6) is 2.30. The molecule has 98 valence electrons. The topological polar surface area (TPSA) is 66.6 Å². The lowest BCUT2D eigenvalue weighted by Crippen LogP contribution is -2.06. The maximum Gasteiger partial charge on any atom is 0.400 e. The number of aromatic nitrogens is 1. The Morgan fingerprint density at radius 2 is 2.06 bits per heavy atom. The van der Waals surface area contributed by atoms with Crippen molar-refractivity contribution in [2.24, 2.45) is 5.73 Å². The van der Waals surface area contributed by atoms with Crippen molar-refractivity contribution in [2.45, 2.75) is 0 Å². The Hall–Kier alpha value is -0.310. The first-order valence-electron chi connectivity index (χ1n) is 4.47. The fourth-order valence-corrected chi connectivity index (χ4v) is 2.15. The van der Waals surface area contributed by atoms with E-state index in [0.717, 1.165) is 0 Å². The smallest absolute Gasteiger partial charge is 0.400 e. The Balaban J connectivity index is 2.80. The molecule has 0 fully saturated rings. The van der Waals surface area contributed by atoms with Crippen molar-refractivity contribution in [1.82, 2.24) is 4.98 Å². The van der Waals surface area contributed by atoms with Gasteiger partial charge in [0.25, 0.3) is 0 Å². The third-order valence-electron chi connectivity index (χ3n) is 1.45. The van der Waals surface area contributed by atoms with Gasteiger partial charge in [-0.25, -0.2) is 0 Å². The molecule has 18 heavy (non-hydrogen) atoms. The van der Waals surface area contributed by atoms with Gasteiger partial charge in [0.1, 0.15) is 18.4 Å². The zero-order valence-corrected chi connectivity index (χ0v) is 12.1. The predicted octanol–water partition coefficient (Wildman–Crippen LogP) is 3.23. The summed E-state index contributed by atoms with van der Waals surface area (Å²) in [6, 6.07) is 1.39. The van der Waals surface area contributed by atoms with Gasteiger partial charge in [-0.05, 0) is 6.07 Å². The van der Waals surface area contributed by atoms with Crippen molar-refractivity contribution >= 4 is 43.4 Å². The van der Waals surface area contributed by atoms with E-state index in [0.29, 0.717) is 0 Å². The first kappa shape index (κ1) is 15.7. The second-order valence-corrected chi connectivity index (χ2v) is 4.95. The van der Waals surface area contributed by atoms with Crippen LogP contribution >= 0.6 is 43.4 Å². The van der Waals surface area contributed by atoms with Crippen molar-refractivity contribution in [2.75, 3.05) is 13.3 Å². The van der Waals surface area contributed by atoms with E-state index < -0.39 is 8.60 Å². The van der Waals surface area contributed by atoms with Gasteiger partial charge in [-0.15, -0.1) is 6.42 Å². The SMILES string of the molecule is C#CCOP(OCN)Oc1nc(Cl)c(Cl)cc1Cl. The quantitative estimate of drug-likeness (QED) is 0.376. The van der Waals surface area contributed by atoms with Crippen molar-refractivity contribution in [3.05, 3.63) is 21.3 Å². The number of hydrogen-bond acceptors (Lipinski definition) is 5. The second-order valence-electron chi connectivity index (χ2n) is 2.64. The van der Waals surface area contributed by atoms with Gasteiger partial charge in [-0.1, -0.05) is 40.7 Å². The van der Waals surface area contributed by atoms with Gasteiger partial charge in [0.15, 0.2) is 5.15 Å². The van der Waals surface area contributed by atoms with Crippen LogP contribution in [0.4, 0.5) is 0 Å². The molecular formula is C9H8Cl3N2O3P. The highest BCUT2D eigenvalue weighted by Crippen LogP contribution is 2.42. The molecule has 1 heterocycles. The molecule has 2 N–H and O–H groups in total. The molecule has 0 bridgehead atoms. The third kappa shape index (κ3) is 4.75. The van der Waals surface area contributed by atoms with Gasteiger partial charge < -0.3 is 10.3 Å². The van der Waals surface area contributed by atoms with Crippen LogP contribution in [0.15, 0.2) is 6.07 Å². The van der Waals surface area contributed by atoms with Crippen LogP contribution in [0, 0.1) is 12.3 Å². The minimum Gasteiger partial charge on any atom is -0.407 e. The van der Waals surface area contributed by atoms with E-state index in [1.54, 1.807) is 0 Å². The molecule has 9 heteroatoms. The normalized spacial score (nSPS) is 11.9. The molecule has 1 unspecified atom stereocenters. The van der Waals surface area contributed by atoms with E-state index in [4.69, 9.17) is 60.5 Å². The highest BCUT2D eigenvalue weighted by Gasteiger charge is 2.18. The lowest BCUT2D eigenvalue weighted by molar-refractivity contribution is 0.225. The van der Waals surface area contributed by atoms with E-state index in [2.05, 4.69) is 10.9 Å². The average molecular weight is 330 g/mol. The molecule has 0 aliphatic carbocycles. The molecule has 1 rings (SSSR count). The lowest BCUT2D eigenvalue weighted by atomic mass is 10.5. The molecule has 5 nitrogen and oxygen atoms in total. The van der Waals surface area contributed by atoms with Crippen molar-refractivity contribution in [3.8, 4) is 18.2 Å². The van der Waals surface area contributed by atoms with Gasteiger partial charge in [0, 0.05) is 0 Å². The zero-order chi connectivity index (χ0) is 13.5. The summed E-state index contributed by atoms with van der Waals surface area (Å²) < 4.78 is 15.4. The minimum atomic E-state index is -1.80. The highest BCUT2D eigenvalue weighted by atomic mass is 35.5. The van der Waals surface area contributed by atoms with Crippen LogP contribution in [0.5, 0.6) is 5.88 Å². The van der Waals surface area contributed by atoms with Crippen LogP contribution < -0.4 is 10.3 Å². The maximum atomic E-state index is 5.88. The molecule has 0 amide bonds. The van der Waals surface area contributed by atoms with Crippen LogP contribution in [0.2, 0.25) is 15.2 Å². The first-order valence-corrected chi connectivity index (χ1v) is 6.70. The molecule has 0 saturated carbocycles. The fourth-order valence-electron chi connectivity index (χ4n) is 0.804. The number of halogens is 3. The fraction of sp³-hybridized carbons (Fsp3) is 0.222. The predicted molar refractivity (Wildman–Crippen MR) is 71.7 cm³/mol. The molecular weight excluding hydrogens is 321 g/mol. The van der Waals surface area contributed by atoms with Gasteiger partial charge in [-0.3, -0.25) is 9.05 Å². The Morgan fingerprint density at radius 3 is 2.67 bits per heavy atom. The van der Waals surface area contributed by atoms with Crippen LogP contribution in [0.3, 0.4) is 0 Å². The standard InChI is InChI=1S/C9H8Cl3N2O3P/c1-2-3-15-18(16-5-13)17-9-7(11)4-6(10)8(12)14-9/h1,4H,3,5,13H2. The first-order chi connectivity index (χ1) is 8.58. The number of nitrogens with two attached hydrogens (primary N) is 1. The van der Waals surface area contributed by atoms with E-state index in [9.17, 15) is 0 Å². The van der Waals surface area contributed by atoms with Crippen molar-refractivity contribution in [3.63, 3.8) is 0 Å². The Bertz CT molecular complexity index is 455. The zero-order valence-electron chi connectivity index (χ0n) is 8.90. The number of hydrogen-bond donors (Lipinski definition) is 1. The molecule has 0 spiro atoms. The molecule has 1 atom stereocenters. The Labute approximate surface area is 120 Å². The van der Waals surface area contributed by atoms with Crippen LogP contribution in [0.25, 0.3) is 0 Å². The molecule has 0 aliphatic heterocycles. The summed E-state index contributed by atoms with van der Waals surface area (Å²) in [5.41, 5.74) is 5.23. The number of pyridine rings is 1. The summed E-state index contributed by atoms with van der Waals surface area (Å²) in [7, 11) is -1.80. The third-order valence-corrected chi connectivity index (χ3v) is 3.41. The van der Waals surface area contributed by atoms with Crippen LogP contribution in [-0.4, -0.2) is 18.3 Å². The molecule has 1 aromatic heterocycles. The minimum absolute atomic E-state index is 0.00461. The molecule has 1 aromatic rings. The maximum absolute atomic E-state index is 5.88. The number of nitrogens with zero attached hydrogens (tertiary/aromatic N) is 1. The highest BCUT2D eigenvalue weighted by molar-refractivity contribution is 7.42. The summed E-state index contributed by atoms with van der Waals surface area (Å²) in [6.45, 7) is -0.0974. The van der Waals surface area contributed by atoms with E-state index in [1.807, 2.05) is 0 Å². The Kier molecular flexibility index (Phi) is 6.98. The van der Waals surface area contributed by atoms with E-state index >= 15 is 0 Å². The van der Waals surface area contributed by atoms with Crippen LogP contribution in [-0.2, 0) is 9.05 Å². The average Bonchev–Trinajstić information content (AvgIpc) is 2.33. The second kappa shape index (κ2) is 7.98. The molecule has 0 saturated heterocycles. The summed E-state index contributed by atoms with van der Waals surface area (Å²) in [4.78, 5) is 3.85. The summed E-state index contributed by atoms with van der Waals surface area (Å²) in [6.07, 6.45) is 5.05. The number of rotatable bonds is 6. The monoisotopic (exact) mass is 328 g/mol. The Morgan fingerprint density at radius 1 is 1.33 bits per heavy atom. The van der Waals surface area contributed by atoms with Gasteiger partial charge in [0.2, 0.25) is 5.88 Å². The lowest BCUT2D eigenvalue weighted by Gasteiger charge is -2.15. The summed E-state index contributed by atoms with van der Waals surface area (Å²) >= 11 is 17.3. The van der Waals surface area contributed by atoms with Gasteiger partial charge in [0.05, 0.1) is 5.02 Å². The summed E-state index contributed by atoms with van der Waals surface area (Å²) in [5, 5.41) is 0.431. The van der Waals surface area contributed by atoms with Crippen molar-refractivity contribution < 1.29 is 13.6 Å². The van der Waals surface area contributed by atoms with E-state index in [-0.39, 0.29) is 34.4 Å².